The molecule has 1 fully saturated rings. The van der Waals surface area contributed by atoms with Gasteiger partial charge in [-0.15, -0.1) is 0 Å². The Bertz CT molecular complexity index is 297. The molecular formula is C16H24O2. The van der Waals surface area contributed by atoms with Gasteiger partial charge in [0.2, 0.25) is 0 Å². The van der Waals surface area contributed by atoms with E-state index in [0.717, 1.165) is 11.7 Å². The molecule has 0 radical (unpaired) electrons. The van der Waals surface area contributed by atoms with Gasteiger partial charge in [-0.1, -0.05) is 39.0 Å². The van der Waals surface area contributed by atoms with Gasteiger partial charge in [0.1, 0.15) is 5.75 Å². The van der Waals surface area contributed by atoms with Gasteiger partial charge in [0.25, 0.3) is 0 Å². The van der Waals surface area contributed by atoms with Crippen molar-refractivity contribution in [2.45, 2.75) is 52.6 Å². The number of para-hydroxylation sites is 1. The second-order valence-electron chi connectivity index (χ2n) is 4.31. The van der Waals surface area contributed by atoms with Crippen molar-refractivity contribution in [2.24, 2.45) is 5.92 Å². The molecule has 1 aliphatic rings. The number of ether oxygens (including phenoxy) is 1. The van der Waals surface area contributed by atoms with Crippen LogP contribution in [0.2, 0.25) is 0 Å². The monoisotopic (exact) mass is 248 g/mol. The molecule has 1 aromatic carbocycles. The molecule has 0 spiro atoms. The molecule has 1 aliphatic carbocycles. The summed E-state index contributed by atoms with van der Waals surface area (Å²) < 4.78 is 13.4. The maximum absolute atomic E-state index is 7.50. The van der Waals surface area contributed by atoms with Gasteiger partial charge in [0, 0.05) is 0 Å². The SMILES string of the molecule is CC.CC1CCC(Oc2ccccc2)CC1.[C-]#[O+]. The van der Waals surface area contributed by atoms with Crippen LogP contribution in [0.5, 0.6) is 5.75 Å². The Hall–Kier alpha value is -1.24. The minimum absolute atomic E-state index is 0.452. The van der Waals surface area contributed by atoms with Gasteiger partial charge in [-0.3, -0.25) is 0 Å². The van der Waals surface area contributed by atoms with Gasteiger partial charge < -0.3 is 4.74 Å². The topological polar surface area (TPSA) is 29.1 Å². The van der Waals surface area contributed by atoms with E-state index in [0.29, 0.717) is 6.10 Å². The molecule has 0 aromatic heterocycles. The first kappa shape index (κ1) is 16.8. The van der Waals surface area contributed by atoms with Gasteiger partial charge in [-0.25, -0.2) is 0 Å². The standard InChI is InChI=1S/C13H18O.C2H6.CO/c1-11-7-9-13(10-8-11)14-12-5-3-2-4-6-12;2*1-2/h2-6,11,13H,7-10H2,1H3;1-2H3;. The van der Waals surface area contributed by atoms with E-state index >= 15 is 0 Å². The summed E-state index contributed by atoms with van der Waals surface area (Å²) >= 11 is 0. The number of rotatable bonds is 2. The fraction of sp³-hybridized carbons (Fsp3) is 0.562. The van der Waals surface area contributed by atoms with Crippen molar-refractivity contribution in [2.75, 3.05) is 0 Å². The zero-order valence-corrected chi connectivity index (χ0v) is 11.7. The van der Waals surface area contributed by atoms with Crippen molar-refractivity contribution in [3.05, 3.63) is 37.0 Å². The summed E-state index contributed by atoms with van der Waals surface area (Å²) in [7, 11) is 0. The van der Waals surface area contributed by atoms with Gasteiger partial charge in [0.15, 0.2) is 0 Å². The molecule has 0 aliphatic heterocycles. The summed E-state index contributed by atoms with van der Waals surface area (Å²) in [5.41, 5.74) is 0. The van der Waals surface area contributed by atoms with Crippen LogP contribution in [0.15, 0.2) is 30.3 Å². The molecule has 100 valence electrons. The molecule has 0 amide bonds. The van der Waals surface area contributed by atoms with E-state index in [1.165, 1.54) is 25.7 Å². The third-order valence-electron chi connectivity index (χ3n) is 3.01. The van der Waals surface area contributed by atoms with Crippen LogP contribution in [0.4, 0.5) is 0 Å². The molecule has 0 atom stereocenters. The van der Waals surface area contributed by atoms with Gasteiger partial charge in [-0.05, 0) is 43.7 Å². The first-order valence-electron chi connectivity index (χ1n) is 6.76. The maximum atomic E-state index is 7.50. The Morgan fingerprint density at radius 1 is 1.00 bits per heavy atom. The first-order valence-corrected chi connectivity index (χ1v) is 6.76. The summed E-state index contributed by atoms with van der Waals surface area (Å²) in [4.78, 5) is 0. The van der Waals surface area contributed by atoms with E-state index in [1.807, 2.05) is 44.2 Å². The van der Waals surface area contributed by atoms with Crippen molar-refractivity contribution in [3.8, 4) is 5.75 Å². The second-order valence-corrected chi connectivity index (χ2v) is 4.31. The molecule has 18 heavy (non-hydrogen) atoms. The van der Waals surface area contributed by atoms with Crippen molar-refractivity contribution in [1.29, 1.82) is 0 Å². The van der Waals surface area contributed by atoms with Crippen molar-refractivity contribution < 1.29 is 9.39 Å². The van der Waals surface area contributed by atoms with Crippen LogP contribution in [0, 0.1) is 12.6 Å². The molecule has 2 heteroatoms. The molecule has 0 saturated heterocycles. The van der Waals surface area contributed by atoms with Crippen LogP contribution in [0.25, 0.3) is 0 Å². The van der Waals surface area contributed by atoms with Crippen LogP contribution in [-0.4, -0.2) is 6.10 Å². The van der Waals surface area contributed by atoms with Gasteiger partial charge in [-0.2, -0.15) is 0 Å². The Labute approximate surface area is 111 Å². The summed E-state index contributed by atoms with van der Waals surface area (Å²) in [5, 5.41) is 0. The molecule has 0 unspecified atom stereocenters. The first-order chi connectivity index (χ1) is 8.84. The average molecular weight is 248 g/mol. The van der Waals surface area contributed by atoms with Gasteiger partial charge >= 0.3 is 11.3 Å². The predicted molar refractivity (Wildman–Crippen MR) is 73.8 cm³/mol. The van der Waals surface area contributed by atoms with Crippen LogP contribution in [-0.2, 0) is 4.65 Å². The summed E-state index contributed by atoms with van der Waals surface area (Å²) in [6.45, 7) is 10.8. The molecule has 1 aromatic rings. The zero-order chi connectivity index (χ0) is 13.8. The average Bonchev–Trinajstić information content (AvgIpc) is 2.47. The molecule has 2 nitrogen and oxygen atoms in total. The number of hydrogen-bond acceptors (Lipinski definition) is 1. The Kier molecular flexibility index (Phi) is 10.1. The van der Waals surface area contributed by atoms with E-state index in [9.17, 15) is 0 Å². The minimum atomic E-state index is 0.452. The van der Waals surface area contributed by atoms with E-state index < -0.39 is 0 Å². The summed E-state index contributed by atoms with van der Waals surface area (Å²) in [6, 6.07) is 10.2. The molecule has 0 heterocycles. The van der Waals surface area contributed by atoms with E-state index in [4.69, 9.17) is 9.39 Å². The van der Waals surface area contributed by atoms with Crippen LogP contribution >= 0.6 is 0 Å². The quantitative estimate of drug-likeness (QED) is 0.554. The van der Waals surface area contributed by atoms with Crippen LogP contribution < -0.4 is 4.74 Å². The van der Waals surface area contributed by atoms with Crippen molar-refractivity contribution >= 4 is 0 Å². The second kappa shape index (κ2) is 10.9. The van der Waals surface area contributed by atoms with Crippen molar-refractivity contribution in [1.82, 2.24) is 0 Å². The number of hydrogen-bond donors (Lipinski definition) is 0. The molecule has 0 bridgehead atoms. The van der Waals surface area contributed by atoms with Crippen LogP contribution in [0.1, 0.15) is 46.5 Å². The zero-order valence-electron chi connectivity index (χ0n) is 11.7. The molecule has 1 saturated carbocycles. The Morgan fingerprint density at radius 3 is 2.00 bits per heavy atom. The summed E-state index contributed by atoms with van der Waals surface area (Å²) in [6.07, 6.45) is 5.52. The normalized spacial score (nSPS) is 21.6. The fourth-order valence-corrected chi connectivity index (χ4v) is 2.04. The van der Waals surface area contributed by atoms with E-state index in [-0.39, 0.29) is 0 Å². The van der Waals surface area contributed by atoms with E-state index in [1.54, 1.807) is 0 Å². The Morgan fingerprint density at radius 2 is 1.50 bits per heavy atom. The van der Waals surface area contributed by atoms with Crippen molar-refractivity contribution in [3.63, 3.8) is 0 Å². The third kappa shape index (κ3) is 6.48. The summed E-state index contributed by atoms with van der Waals surface area (Å²) in [5.74, 6) is 1.91. The molecule has 0 N–H and O–H groups in total. The fourth-order valence-electron chi connectivity index (χ4n) is 2.04. The molecule has 2 rings (SSSR count). The molecular weight excluding hydrogens is 224 g/mol. The predicted octanol–water partition coefficient (Wildman–Crippen LogP) is 4.63. The van der Waals surface area contributed by atoms with Gasteiger partial charge in [0.05, 0.1) is 6.10 Å². The third-order valence-corrected chi connectivity index (χ3v) is 3.01. The van der Waals surface area contributed by atoms with E-state index in [2.05, 4.69) is 13.6 Å². The number of benzene rings is 1. The van der Waals surface area contributed by atoms with Crippen LogP contribution in [0.3, 0.4) is 0 Å². The Balaban J connectivity index is 0.000000659.